The van der Waals surface area contributed by atoms with E-state index in [2.05, 4.69) is 10.5 Å². The number of hydrogen-bond acceptors (Lipinski definition) is 3. The van der Waals surface area contributed by atoms with Crippen molar-refractivity contribution < 1.29 is 9.32 Å². The molecule has 4 nitrogen and oxygen atoms in total. The standard InChI is InChI=1S/C12H12N2O2/c1-8-5-3-4-6-10(8)12(15)13-11-7-9(2)14-16-11/h3-7H,1-2H3,(H,13,15). The number of hydrogen-bond donors (Lipinski definition) is 1. The second kappa shape index (κ2) is 4.18. The summed E-state index contributed by atoms with van der Waals surface area (Å²) in [4.78, 5) is 11.8. The molecule has 4 heteroatoms. The third-order valence-electron chi connectivity index (χ3n) is 2.25. The number of carbonyl (C=O) groups is 1. The van der Waals surface area contributed by atoms with Crippen molar-refractivity contribution in [2.75, 3.05) is 5.32 Å². The van der Waals surface area contributed by atoms with Gasteiger partial charge in [-0.1, -0.05) is 23.4 Å². The first-order chi connectivity index (χ1) is 7.66. The Labute approximate surface area is 93.3 Å². The summed E-state index contributed by atoms with van der Waals surface area (Å²) in [5.41, 5.74) is 2.30. The fourth-order valence-corrected chi connectivity index (χ4v) is 1.43. The van der Waals surface area contributed by atoms with Gasteiger partial charge in [-0.2, -0.15) is 0 Å². The Balaban J connectivity index is 2.18. The van der Waals surface area contributed by atoms with Gasteiger partial charge in [0, 0.05) is 11.6 Å². The Bertz CT molecular complexity index is 517. The lowest BCUT2D eigenvalue weighted by Crippen LogP contribution is -2.12. The highest BCUT2D eigenvalue weighted by Crippen LogP contribution is 2.12. The van der Waals surface area contributed by atoms with E-state index in [-0.39, 0.29) is 5.91 Å². The normalized spacial score (nSPS) is 10.1. The minimum atomic E-state index is -0.186. The largest absolute Gasteiger partial charge is 0.338 e. The van der Waals surface area contributed by atoms with E-state index in [1.807, 2.05) is 25.1 Å². The number of aryl methyl sites for hydroxylation is 2. The Morgan fingerprint density at radius 1 is 1.31 bits per heavy atom. The van der Waals surface area contributed by atoms with Gasteiger partial charge in [-0.3, -0.25) is 10.1 Å². The molecule has 2 aromatic rings. The maximum atomic E-state index is 11.8. The molecule has 0 aliphatic carbocycles. The van der Waals surface area contributed by atoms with Crippen LogP contribution in [-0.4, -0.2) is 11.1 Å². The molecule has 0 radical (unpaired) electrons. The van der Waals surface area contributed by atoms with E-state index in [0.717, 1.165) is 11.3 Å². The van der Waals surface area contributed by atoms with Gasteiger partial charge in [-0.25, -0.2) is 0 Å². The first-order valence-electron chi connectivity index (χ1n) is 4.97. The highest BCUT2D eigenvalue weighted by Gasteiger charge is 2.10. The summed E-state index contributed by atoms with van der Waals surface area (Å²) in [6.45, 7) is 3.69. The number of rotatable bonds is 2. The smallest absolute Gasteiger partial charge is 0.258 e. The van der Waals surface area contributed by atoms with Gasteiger partial charge in [0.05, 0.1) is 5.69 Å². The van der Waals surface area contributed by atoms with E-state index < -0.39 is 0 Å². The predicted molar refractivity (Wildman–Crippen MR) is 60.4 cm³/mol. The first kappa shape index (κ1) is 10.4. The van der Waals surface area contributed by atoms with Crippen LogP contribution in [0.1, 0.15) is 21.6 Å². The summed E-state index contributed by atoms with van der Waals surface area (Å²) in [5.74, 6) is 0.181. The van der Waals surface area contributed by atoms with Crippen molar-refractivity contribution in [3.05, 3.63) is 47.2 Å². The molecule has 1 aromatic heterocycles. The van der Waals surface area contributed by atoms with Gasteiger partial charge in [0.25, 0.3) is 5.91 Å². The minimum Gasteiger partial charge on any atom is -0.338 e. The van der Waals surface area contributed by atoms with Gasteiger partial charge in [-0.15, -0.1) is 0 Å². The molecule has 0 aliphatic heterocycles. The number of carbonyl (C=O) groups excluding carboxylic acids is 1. The molecule has 2 rings (SSSR count). The van der Waals surface area contributed by atoms with Crippen LogP contribution in [0.3, 0.4) is 0 Å². The highest BCUT2D eigenvalue weighted by molar-refractivity contribution is 6.04. The zero-order valence-corrected chi connectivity index (χ0v) is 9.15. The van der Waals surface area contributed by atoms with E-state index in [4.69, 9.17) is 4.52 Å². The van der Waals surface area contributed by atoms with Crippen LogP contribution in [0, 0.1) is 13.8 Å². The van der Waals surface area contributed by atoms with Gasteiger partial charge < -0.3 is 4.52 Å². The quantitative estimate of drug-likeness (QED) is 0.839. The van der Waals surface area contributed by atoms with Crippen LogP contribution in [0.2, 0.25) is 0 Å². The third kappa shape index (κ3) is 2.11. The zero-order chi connectivity index (χ0) is 11.5. The molecule has 82 valence electrons. The summed E-state index contributed by atoms with van der Waals surface area (Å²) in [6, 6.07) is 9.06. The molecule has 0 fully saturated rings. The fourth-order valence-electron chi connectivity index (χ4n) is 1.43. The second-order valence-corrected chi connectivity index (χ2v) is 3.60. The average Bonchev–Trinajstić information content (AvgIpc) is 2.64. The Hall–Kier alpha value is -2.10. The van der Waals surface area contributed by atoms with Crippen molar-refractivity contribution in [1.82, 2.24) is 5.16 Å². The van der Waals surface area contributed by atoms with Crippen molar-refractivity contribution in [3.63, 3.8) is 0 Å². The molecule has 0 unspecified atom stereocenters. The summed E-state index contributed by atoms with van der Waals surface area (Å²) in [5, 5.41) is 6.35. The number of nitrogens with one attached hydrogen (secondary N) is 1. The van der Waals surface area contributed by atoms with Crippen molar-refractivity contribution >= 4 is 11.8 Å². The molecule has 0 aliphatic rings. The molecule has 0 saturated carbocycles. The Kier molecular flexibility index (Phi) is 2.72. The third-order valence-corrected chi connectivity index (χ3v) is 2.25. The topological polar surface area (TPSA) is 55.1 Å². The monoisotopic (exact) mass is 216 g/mol. The van der Waals surface area contributed by atoms with Crippen molar-refractivity contribution in [1.29, 1.82) is 0 Å². The second-order valence-electron chi connectivity index (χ2n) is 3.60. The van der Waals surface area contributed by atoms with E-state index in [1.54, 1.807) is 19.1 Å². The molecule has 0 spiro atoms. The van der Waals surface area contributed by atoms with Crippen LogP contribution >= 0.6 is 0 Å². The average molecular weight is 216 g/mol. The summed E-state index contributed by atoms with van der Waals surface area (Å²) >= 11 is 0. The molecule has 1 amide bonds. The van der Waals surface area contributed by atoms with Gasteiger partial charge in [0.1, 0.15) is 0 Å². The summed E-state index contributed by atoms with van der Waals surface area (Å²) in [7, 11) is 0. The molecule has 0 atom stereocenters. The van der Waals surface area contributed by atoms with Gasteiger partial charge in [0.2, 0.25) is 5.88 Å². The lowest BCUT2D eigenvalue weighted by atomic mass is 10.1. The predicted octanol–water partition coefficient (Wildman–Crippen LogP) is 2.54. The van der Waals surface area contributed by atoms with Gasteiger partial charge >= 0.3 is 0 Å². The molecule has 1 N–H and O–H groups in total. The molecule has 1 aromatic carbocycles. The maximum absolute atomic E-state index is 11.8. The SMILES string of the molecule is Cc1cc(NC(=O)c2ccccc2C)on1. The van der Waals surface area contributed by atoms with Crippen LogP contribution in [0.5, 0.6) is 0 Å². The van der Waals surface area contributed by atoms with E-state index >= 15 is 0 Å². The molecular weight excluding hydrogens is 204 g/mol. The van der Waals surface area contributed by atoms with Gasteiger partial charge in [0.15, 0.2) is 0 Å². The number of anilines is 1. The molecule has 16 heavy (non-hydrogen) atoms. The van der Waals surface area contributed by atoms with E-state index in [1.165, 1.54) is 0 Å². The first-order valence-corrected chi connectivity index (χ1v) is 4.97. The summed E-state index contributed by atoms with van der Waals surface area (Å²) < 4.78 is 4.91. The minimum absolute atomic E-state index is 0.186. The highest BCUT2D eigenvalue weighted by atomic mass is 16.5. The summed E-state index contributed by atoms with van der Waals surface area (Å²) in [6.07, 6.45) is 0. The van der Waals surface area contributed by atoms with Crippen molar-refractivity contribution in [2.45, 2.75) is 13.8 Å². The van der Waals surface area contributed by atoms with Crippen LogP contribution in [-0.2, 0) is 0 Å². The Morgan fingerprint density at radius 3 is 2.69 bits per heavy atom. The molecule has 1 heterocycles. The Morgan fingerprint density at radius 2 is 2.06 bits per heavy atom. The maximum Gasteiger partial charge on any atom is 0.258 e. The number of amides is 1. The molecule has 0 bridgehead atoms. The number of benzene rings is 1. The lowest BCUT2D eigenvalue weighted by Gasteiger charge is -2.03. The van der Waals surface area contributed by atoms with E-state index in [9.17, 15) is 4.79 Å². The number of nitrogens with zero attached hydrogens (tertiary/aromatic N) is 1. The van der Waals surface area contributed by atoms with Crippen LogP contribution in [0.15, 0.2) is 34.9 Å². The molecule has 0 saturated heterocycles. The molecular formula is C12H12N2O2. The van der Waals surface area contributed by atoms with E-state index in [0.29, 0.717) is 11.4 Å². The van der Waals surface area contributed by atoms with Crippen LogP contribution < -0.4 is 5.32 Å². The fraction of sp³-hybridized carbons (Fsp3) is 0.167. The number of aromatic nitrogens is 1. The van der Waals surface area contributed by atoms with Gasteiger partial charge in [-0.05, 0) is 25.5 Å². The van der Waals surface area contributed by atoms with Crippen LogP contribution in [0.4, 0.5) is 5.88 Å². The lowest BCUT2D eigenvalue weighted by molar-refractivity contribution is 0.102. The van der Waals surface area contributed by atoms with Crippen molar-refractivity contribution in [3.8, 4) is 0 Å². The van der Waals surface area contributed by atoms with Crippen LogP contribution in [0.25, 0.3) is 0 Å². The van der Waals surface area contributed by atoms with Crippen molar-refractivity contribution in [2.24, 2.45) is 0 Å². The zero-order valence-electron chi connectivity index (χ0n) is 9.15.